The largest absolute Gasteiger partial charge is 0.461 e. The van der Waals surface area contributed by atoms with Gasteiger partial charge in [-0.05, 0) is 24.6 Å². The van der Waals surface area contributed by atoms with Crippen LogP contribution < -0.4 is 0 Å². The molecule has 0 bridgehead atoms. The molecular weight excluding hydrogens is 258 g/mol. The Kier molecular flexibility index (Phi) is 3.54. The van der Waals surface area contributed by atoms with E-state index in [0.717, 1.165) is 5.56 Å². The molecule has 1 aromatic rings. The molecule has 2 rings (SSSR count). The topological polar surface area (TPSA) is 68.1 Å². The van der Waals surface area contributed by atoms with E-state index in [1.807, 2.05) is 0 Å². The van der Waals surface area contributed by atoms with Gasteiger partial charge >= 0.3 is 11.8 Å². The minimum absolute atomic E-state index is 0.0481. The van der Waals surface area contributed by atoms with Crippen molar-refractivity contribution in [1.29, 1.82) is 0 Å². The number of aliphatic hydroxyl groups is 1. The molecule has 0 radical (unpaired) electrons. The van der Waals surface area contributed by atoms with Gasteiger partial charge in [-0.25, -0.2) is 4.79 Å². The summed E-state index contributed by atoms with van der Waals surface area (Å²) in [5, 5.41) is 14.3. The van der Waals surface area contributed by atoms with Crippen LogP contribution in [-0.2, 0) is 14.4 Å². The molecule has 1 N–H and O–H groups in total. The molecule has 0 spiro atoms. The lowest BCUT2D eigenvalue weighted by atomic mass is 10.0. The van der Waals surface area contributed by atoms with Gasteiger partial charge in [0.05, 0.1) is 18.7 Å². The Hall–Kier alpha value is -1.59. The molecule has 0 aromatic heterocycles. The molecule has 1 aliphatic heterocycles. The molecule has 0 saturated heterocycles. The highest BCUT2D eigenvalue weighted by Crippen LogP contribution is 2.26. The summed E-state index contributed by atoms with van der Waals surface area (Å²) in [6, 6.07) is 6.87. The molecule has 1 aromatic carbocycles. The molecule has 0 amide bonds. The number of esters is 1. The minimum Gasteiger partial charge on any atom is -0.461 e. The number of carbonyl (C=O) groups excluding carboxylic acids is 1. The predicted molar refractivity (Wildman–Crippen MR) is 65.3 cm³/mol. The van der Waals surface area contributed by atoms with Gasteiger partial charge in [0, 0.05) is 5.02 Å². The summed E-state index contributed by atoms with van der Waals surface area (Å²) in [4.78, 5) is 16.3. The zero-order valence-corrected chi connectivity index (χ0v) is 10.5. The summed E-state index contributed by atoms with van der Waals surface area (Å²) in [5.74, 6) is -2.86. The first kappa shape index (κ1) is 12.9. The molecule has 6 heteroatoms. The van der Waals surface area contributed by atoms with E-state index in [-0.39, 0.29) is 13.0 Å². The van der Waals surface area contributed by atoms with Gasteiger partial charge in [-0.2, -0.15) is 0 Å². The normalized spacial score (nSPS) is 22.3. The van der Waals surface area contributed by atoms with Crippen molar-refractivity contribution in [3.8, 4) is 0 Å². The molecule has 1 aliphatic rings. The highest BCUT2D eigenvalue weighted by molar-refractivity contribution is 6.30. The quantitative estimate of drug-likeness (QED) is 0.849. The second kappa shape index (κ2) is 4.96. The smallest absolute Gasteiger partial charge is 0.382 e. The third kappa shape index (κ3) is 2.47. The Morgan fingerprint density at radius 3 is 2.83 bits per heavy atom. The van der Waals surface area contributed by atoms with Crippen LogP contribution in [0.1, 0.15) is 18.9 Å². The number of hydrogen-bond donors (Lipinski definition) is 1. The van der Waals surface area contributed by atoms with Crippen molar-refractivity contribution in [2.24, 2.45) is 5.16 Å². The number of ether oxygens (including phenoxy) is 1. The summed E-state index contributed by atoms with van der Waals surface area (Å²) >= 11 is 5.77. The molecule has 96 valence electrons. The molecule has 0 aliphatic carbocycles. The van der Waals surface area contributed by atoms with E-state index in [1.165, 1.54) is 0 Å². The zero-order valence-electron chi connectivity index (χ0n) is 9.72. The van der Waals surface area contributed by atoms with E-state index in [9.17, 15) is 9.90 Å². The Morgan fingerprint density at radius 2 is 2.22 bits per heavy atom. The van der Waals surface area contributed by atoms with Crippen LogP contribution in [0.25, 0.3) is 0 Å². The number of rotatable bonds is 3. The van der Waals surface area contributed by atoms with E-state index in [0.29, 0.717) is 10.7 Å². The molecule has 0 saturated carbocycles. The molecule has 0 fully saturated rings. The van der Waals surface area contributed by atoms with E-state index < -0.39 is 11.8 Å². The van der Waals surface area contributed by atoms with E-state index >= 15 is 0 Å². The van der Waals surface area contributed by atoms with Crippen molar-refractivity contribution in [3.05, 3.63) is 34.9 Å². The average Bonchev–Trinajstić information content (AvgIpc) is 2.75. The number of halogens is 1. The lowest BCUT2D eigenvalue weighted by molar-refractivity contribution is -0.218. The van der Waals surface area contributed by atoms with E-state index in [4.69, 9.17) is 21.2 Å². The summed E-state index contributed by atoms with van der Waals surface area (Å²) in [7, 11) is 0. The number of benzene rings is 1. The van der Waals surface area contributed by atoms with E-state index in [2.05, 4.69) is 5.16 Å². The van der Waals surface area contributed by atoms with Crippen molar-refractivity contribution >= 4 is 23.3 Å². The second-order valence-corrected chi connectivity index (χ2v) is 4.25. The SMILES string of the molecule is CCOC(=O)C1(O)CC(c2ccc(Cl)cc2)=NO1. The lowest BCUT2D eigenvalue weighted by Crippen LogP contribution is -2.40. The molecule has 1 unspecified atom stereocenters. The van der Waals surface area contributed by atoms with Crippen molar-refractivity contribution in [1.82, 2.24) is 0 Å². The maximum absolute atomic E-state index is 11.5. The van der Waals surface area contributed by atoms with Crippen LogP contribution in [0.15, 0.2) is 29.4 Å². The molecular formula is C12H12ClNO4. The Labute approximate surface area is 109 Å². The molecule has 5 nitrogen and oxygen atoms in total. The van der Waals surface area contributed by atoms with Gasteiger partial charge in [-0.1, -0.05) is 28.9 Å². The molecule has 1 heterocycles. The molecule has 18 heavy (non-hydrogen) atoms. The standard InChI is InChI=1S/C12H12ClNO4/c1-2-17-11(15)12(16)7-10(14-18-12)8-3-5-9(13)6-4-8/h3-6,16H,2,7H2,1H3. The maximum atomic E-state index is 11.5. The third-order valence-corrected chi connectivity index (χ3v) is 2.74. The second-order valence-electron chi connectivity index (χ2n) is 3.82. The van der Waals surface area contributed by atoms with Crippen molar-refractivity contribution in [2.75, 3.05) is 6.61 Å². The van der Waals surface area contributed by atoms with Crippen LogP contribution in [0.3, 0.4) is 0 Å². The monoisotopic (exact) mass is 269 g/mol. The first-order valence-electron chi connectivity index (χ1n) is 5.46. The zero-order chi connectivity index (χ0) is 13.2. The van der Waals surface area contributed by atoms with Crippen molar-refractivity contribution in [2.45, 2.75) is 19.1 Å². The van der Waals surface area contributed by atoms with Gasteiger partial charge in [0.25, 0.3) is 0 Å². The summed E-state index contributed by atoms with van der Waals surface area (Å²) in [6.45, 7) is 1.82. The fourth-order valence-electron chi connectivity index (χ4n) is 1.57. The first-order chi connectivity index (χ1) is 8.55. The fraction of sp³-hybridized carbons (Fsp3) is 0.333. The lowest BCUT2D eigenvalue weighted by Gasteiger charge is -2.16. The van der Waals surface area contributed by atoms with Gasteiger partial charge in [-0.3, -0.25) is 0 Å². The predicted octanol–water partition coefficient (Wildman–Crippen LogP) is 1.72. The molecule has 1 atom stereocenters. The summed E-state index contributed by atoms with van der Waals surface area (Å²) in [6.07, 6.45) is -0.0481. The average molecular weight is 270 g/mol. The maximum Gasteiger partial charge on any atom is 0.382 e. The fourth-order valence-corrected chi connectivity index (χ4v) is 1.70. The van der Waals surface area contributed by atoms with Gasteiger partial charge in [0.1, 0.15) is 0 Å². The summed E-state index contributed by atoms with van der Waals surface area (Å²) < 4.78 is 4.72. The van der Waals surface area contributed by atoms with Crippen LogP contribution in [0.5, 0.6) is 0 Å². The minimum atomic E-state index is -2.02. The third-order valence-electron chi connectivity index (χ3n) is 2.49. The number of carbonyl (C=O) groups is 1. The Morgan fingerprint density at radius 1 is 1.56 bits per heavy atom. The number of nitrogens with zero attached hydrogens (tertiary/aromatic N) is 1. The van der Waals surface area contributed by atoms with Gasteiger partial charge in [0.15, 0.2) is 0 Å². The Bertz CT molecular complexity index is 485. The van der Waals surface area contributed by atoms with Crippen LogP contribution in [-0.4, -0.2) is 29.2 Å². The number of hydrogen-bond acceptors (Lipinski definition) is 5. The van der Waals surface area contributed by atoms with Gasteiger partial charge in [-0.15, -0.1) is 0 Å². The van der Waals surface area contributed by atoms with E-state index in [1.54, 1.807) is 31.2 Å². The van der Waals surface area contributed by atoms with Crippen LogP contribution in [0.4, 0.5) is 0 Å². The van der Waals surface area contributed by atoms with Crippen LogP contribution in [0, 0.1) is 0 Å². The highest BCUT2D eigenvalue weighted by atomic mass is 35.5. The van der Waals surface area contributed by atoms with Gasteiger partial charge in [0.2, 0.25) is 0 Å². The Balaban J connectivity index is 2.12. The number of oxime groups is 1. The van der Waals surface area contributed by atoms with Gasteiger partial charge < -0.3 is 14.7 Å². The summed E-state index contributed by atoms with van der Waals surface area (Å²) in [5.41, 5.74) is 1.21. The van der Waals surface area contributed by atoms with Crippen molar-refractivity contribution < 1.29 is 19.5 Å². The van der Waals surface area contributed by atoms with Crippen LogP contribution >= 0.6 is 11.6 Å². The highest BCUT2D eigenvalue weighted by Gasteiger charge is 2.46. The van der Waals surface area contributed by atoms with Crippen LogP contribution in [0.2, 0.25) is 5.02 Å². The first-order valence-corrected chi connectivity index (χ1v) is 5.83. The van der Waals surface area contributed by atoms with Crippen molar-refractivity contribution in [3.63, 3.8) is 0 Å².